The van der Waals surface area contributed by atoms with Crippen molar-refractivity contribution in [2.45, 2.75) is 33.1 Å². The van der Waals surface area contributed by atoms with Gasteiger partial charge in [-0.25, -0.2) is 4.79 Å². The molecule has 1 saturated heterocycles. The molecule has 31 heavy (non-hydrogen) atoms. The van der Waals surface area contributed by atoms with Crippen molar-refractivity contribution in [1.29, 1.82) is 0 Å². The van der Waals surface area contributed by atoms with Crippen molar-refractivity contribution < 1.29 is 33.4 Å². The van der Waals surface area contributed by atoms with Crippen LogP contribution in [-0.4, -0.2) is 54.3 Å². The van der Waals surface area contributed by atoms with E-state index in [1.165, 1.54) is 11.3 Å². The number of aryl methyl sites for hydroxylation is 1. The predicted molar refractivity (Wildman–Crippen MR) is 111 cm³/mol. The first-order valence-corrected chi connectivity index (χ1v) is 10.9. The average Bonchev–Trinajstić information content (AvgIpc) is 3.27. The molecule has 0 spiro atoms. The number of nitrogens with one attached hydrogen (secondary N) is 1. The van der Waals surface area contributed by atoms with Gasteiger partial charge in [0.15, 0.2) is 6.61 Å². The zero-order valence-corrected chi connectivity index (χ0v) is 18.2. The second-order valence-electron chi connectivity index (χ2n) is 7.16. The van der Waals surface area contributed by atoms with Crippen molar-refractivity contribution in [3.05, 3.63) is 28.7 Å². The number of anilines is 1. The van der Waals surface area contributed by atoms with Gasteiger partial charge in [0.1, 0.15) is 11.5 Å². The number of allylic oxidation sites excluding steroid dienone is 2. The van der Waals surface area contributed by atoms with Gasteiger partial charge in [0.25, 0.3) is 5.91 Å². The molecule has 1 aliphatic heterocycles. The Bertz CT molecular complexity index is 910. The molecule has 1 fully saturated rings. The van der Waals surface area contributed by atoms with E-state index in [0.29, 0.717) is 24.3 Å². The van der Waals surface area contributed by atoms with E-state index >= 15 is 0 Å². The van der Waals surface area contributed by atoms with Gasteiger partial charge in [-0.15, -0.1) is 11.3 Å². The second-order valence-corrected chi connectivity index (χ2v) is 8.29. The van der Waals surface area contributed by atoms with Crippen LogP contribution in [0.1, 0.15) is 41.9 Å². The average molecular weight is 448 g/mol. The van der Waals surface area contributed by atoms with Crippen LogP contribution in [0.5, 0.6) is 0 Å². The van der Waals surface area contributed by atoms with E-state index in [4.69, 9.17) is 9.47 Å². The Morgan fingerprint density at radius 1 is 1.10 bits per heavy atom. The molecule has 9 nitrogen and oxygen atoms in total. The molecule has 0 bridgehead atoms. The number of likely N-dealkylation sites (tertiary alicyclic amines) is 1. The molecule has 0 saturated carbocycles. The van der Waals surface area contributed by atoms with Crippen LogP contribution in [0.25, 0.3) is 0 Å². The molecule has 2 heterocycles. The van der Waals surface area contributed by atoms with Crippen molar-refractivity contribution in [2.24, 2.45) is 11.8 Å². The van der Waals surface area contributed by atoms with Gasteiger partial charge >= 0.3 is 11.9 Å². The molecule has 10 heteroatoms. The van der Waals surface area contributed by atoms with E-state index in [0.717, 1.165) is 9.78 Å². The fraction of sp³-hybridized carbons (Fsp3) is 0.476. The quantitative estimate of drug-likeness (QED) is 0.367. The lowest BCUT2D eigenvalue weighted by Gasteiger charge is -2.14. The summed E-state index contributed by atoms with van der Waals surface area (Å²) in [5.41, 5.74) is 0.243. The Hall–Kier alpha value is -3.01. The van der Waals surface area contributed by atoms with Crippen molar-refractivity contribution in [3.8, 4) is 0 Å². The van der Waals surface area contributed by atoms with Crippen molar-refractivity contribution >= 4 is 46.0 Å². The predicted octanol–water partition coefficient (Wildman–Crippen LogP) is 1.92. The maximum Gasteiger partial charge on any atom is 0.341 e. The zero-order valence-electron chi connectivity index (χ0n) is 17.3. The van der Waals surface area contributed by atoms with Crippen LogP contribution in [0.15, 0.2) is 18.2 Å². The second kappa shape index (κ2) is 9.86. The third kappa shape index (κ3) is 5.01. The molecule has 1 aromatic heterocycles. The van der Waals surface area contributed by atoms with Gasteiger partial charge in [0.2, 0.25) is 11.8 Å². The Kier molecular flexibility index (Phi) is 7.21. The highest BCUT2D eigenvalue weighted by Crippen LogP contribution is 2.35. The summed E-state index contributed by atoms with van der Waals surface area (Å²) in [6, 6.07) is 1.66. The van der Waals surface area contributed by atoms with Gasteiger partial charge < -0.3 is 14.8 Å². The van der Waals surface area contributed by atoms with Crippen LogP contribution in [0.2, 0.25) is 0 Å². The maximum atomic E-state index is 12.4. The SMILES string of the molecule is CCOC(=O)c1cc(CC)sc1NC(=O)COC(=O)CN1C(=O)C2CC=CCC2C1=O. The molecule has 0 aromatic carbocycles. The Morgan fingerprint density at radius 2 is 1.74 bits per heavy atom. The summed E-state index contributed by atoms with van der Waals surface area (Å²) in [6.45, 7) is 2.67. The number of thiophene rings is 1. The maximum absolute atomic E-state index is 12.4. The Morgan fingerprint density at radius 3 is 2.32 bits per heavy atom. The van der Waals surface area contributed by atoms with E-state index in [-0.39, 0.29) is 24.0 Å². The number of amides is 3. The summed E-state index contributed by atoms with van der Waals surface area (Å²) >= 11 is 1.24. The minimum absolute atomic E-state index is 0.201. The molecule has 1 aromatic rings. The molecule has 2 aliphatic rings. The smallest absolute Gasteiger partial charge is 0.341 e. The lowest BCUT2D eigenvalue weighted by molar-refractivity contribution is -0.154. The van der Waals surface area contributed by atoms with Crippen LogP contribution in [0.4, 0.5) is 5.00 Å². The molecular formula is C21H24N2O7S. The highest BCUT2D eigenvalue weighted by molar-refractivity contribution is 7.16. The summed E-state index contributed by atoms with van der Waals surface area (Å²) in [5, 5.41) is 2.87. The highest BCUT2D eigenvalue weighted by atomic mass is 32.1. The topological polar surface area (TPSA) is 119 Å². The number of rotatable bonds is 8. The molecule has 0 radical (unpaired) electrons. The molecule has 1 aliphatic carbocycles. The molecule has 166 valence electrons. The first-order valence-electron chi connectivity index (χ1n) is 10.1. The minimum Gasteiger partial charge on any atom is -0.462 e. The van der Waals surface area contributed by atoms with Crippen molar-refractivity contribution in [3.63, 3.8) is 0 Å². The fourth-order valence-corrected chi connectivity index (χ4v) is 4.58. The number of nitrogens with zero attached hydrogens (tertiary/aromatic N) is 1. The number of imide groups is 1. The van der Waals surface area contributed by atoms with Crippen molar-refractivity contribution in [1.82, 2.24) is 4.90 Å². The lowest BCUT2D eigenvalue weighted by atomic mass is 9.85. The first-order chi connectivity index (χ1) is 14.8. The summed E-state index contributed by atoms with van der Waals surface area (Å²) in [7, 11) is 0. The molecule has 3 amide bonds. The van der Waals surface area contributed by atoms with E-state index in [1.54, 1.807) is 13.0 Å². The van der Waals surface area contributed by atoms with Crippen molar-refractivity contribution in [2.75, 3.05) is 25.1 Å². The van der Waals surface area contributed by atoms with E-state index in [2.05, 4.69) is 5.32 Å². The summed E-state index contributed by atoms with van der Waals surface area (Å²) in [4.78, 5) is 63.0. The number of esters is 2. The van der Waals surface area contributed by atoms with Crippen LogP contribution in [-0.2, 0) is 35.1 Å². The normalized spacial score (nSPS) is 19.9. The fourth-order valence-electron chi connectivity index (χ4n) is 3.58. The molecular weight excluding hydrogens is 424 g/mol. The summed E-state index contributed by atoms with van der Waals surface area (Å²) in [5.74, 6) is -3.67. The monoisotopic (exact) mass is 448 g/mol. The molecule has 2 unspecified atom stereocenters. The zero-order chi connectivity index (χ0) is 22.5. The summed E-state index contributed by atoms with van der Waals surface area (Å²) in [6.07, 6.45) is 5.35. The van der Waals surface area contributed by atoms with Crippen LogP contribution < -0.4 is 5.32 Å². The first kappa shape index (κ1) is 22.7. The van der Waals surface area contributed by atoms with E-state index in [9.17, 15) is 24.0 Å². The highest BCUT2D eigenvalue weighted by Gasteiger charge is 2.47. The number of carbonyl (C=O) groups is 5. The Balaban J connectivity index is 1.54. The molecule has 2 atom stereocenters. The van der Waals surface area contributed by atoms with Crippen LogP contribution in [0.3, 0.4) is 0 Å². The van der Waals surface area contributed by atoms with E-state index in [1.807, 2.05) is 19.1 Å². The number of fused-ring (bicyclic) bond motifs is 1. The molecule has 1 N–H and O–H groups in total. The summed E-state index contributed by atoms with van der Waals surface area (Å²) < 4.78 is 9.94. The lowest BCUT2D eigenvalue weighted by Crippen LogP contribution is -2.37. The van der Waals surface area contributed by atoms with Gasteiger partial charge in [-0.2, -0.15) is 0 Å². The third-order valence-electron chi connectivity index (χ3n) is 5.13. The third-order valence-corrected chi connectivity index (χ3v) is 6.32. The van der Waals surface area contributed by atoms with Gasteiger partial charge in [0, 0.05) is 4.88 Å². The number of ether oxygens (including phenoxy) is 2. The van der Waals surface area contributed by atoms with Gasteiger partial charge in [0.05, 0.1) is 24.0 Å². The standard InChI is InChI=1S/C21H24N2O7S/c1-3-12-9-15(21(28)29-4-2)18(31-12)22-16(24)11-30-17(25)10-23-19(26)13-7-5-6-8-14(13)20(23)27/h5-6,9,13-14H,3-4,7-8,10-11H2,1-2H3,(H,22,24). The number of hydrogen-bond acceptors (Lipinski definition) is 8. The van der Waals surface area contributed by atoms with Crippen LogP contribution >= 0.6 is 11.3 Å². The van der Waals surface area contributed by atoms with Crippen LogP contribution in [0, 0.1) is 11.8 Å². The van der Waals surface area contributed by atoms with Gasteiger partial charge in [-0.1, -0.05) is 19.1 Å². The largest absolute Gasteiger partial charge is 0.462 e. The van der Waals surface area contributed by atoms with Gasteiger partial charge in [-0.05, 0) is 32.3 Å². The Labute approximate surface area is 183 Å². The van der Waals surface area contributed by atoms with E-state index < -0.39 is 42.8 Å². The molecule has 3 rings (SSSR count). The minimum atomic E-state index is -0.852. The number of hydrogen-bond donors (Lipinski definition) is 1. The number of carbonyl (C=O) groups excluding carboxylic acids is 5. The van der Waals surface area contributed by atoms with Gasteiger partial charge in [-0.3, -0.25) is 24.1 Å².